The Labute approximate surface area is 84.4 Å². The largest absolute Gasteiger partial charge is 0.294 e. The van der Waals surface area contributed by atoms with Gasteiger partial charge in [0.1, 0.15) is 0 Å². The molecule has 0 aliphatic heterocycles. The van der Waals surface area contributed by atoms with Gasteiger partial charge in [-0.25, -0.2) is 0 Å². The lowest BCUT2D eigenvalue weighted by Crippen LogP contribution is -2.14. The average molecular weight is 189 g/mol. The number of nitrogens with zero attached hydrogens (tertiary/aromatic N) is 1. The van der Waals surface area contributed by atoms with Crippen LogP contribution in [0.2, 0.25) is 0 Å². The first-order valence-corrected chi connectivity index (χ1v) is 5.15. The fourth-order valence-corrected chi connectivity index (χ4v) is 1.78. The predicted molar refractivity (Wildman–Crippen MR) is 55.2 cm³/mol. The van der Waals surface area contributed by atoms with Crippen molar-refractivity contribution in [1.82, 2.24) is 4.98 Å². The van der Waals surface area contributed by atoms with Gasteiger partial charge in [0, 0.05) is 23.9 Å². The van der Waals surface area contributed by atoms with Crippen molar-refractivity contribution in [3.63, 3.8) is 0 Å². The van der Waals surface area contributed by atoms with Crippen molar-refractivity contribution in [2.75, 3.05) is 0 Å². The van der Waals surface area contributed by atoms with E-state index in [0.29, 0.717) is 5.92 Å². The summed E-state index contributed by atoms with van der Waals surface area (Å²) in [4.78, 5) is 16.0. The molecule has 1 aliphatic rings. The summed E-state index contributed by atoms with van der Waals surface area (Å²) in [6, 6.07) is 1.90. The zero-order valence-electron chi connectivity index (χ0n) is 8.66. The third-order valence-corrected chi connectivity index (χ3v) is 3.05. The van der Waals surface area contributed by atoms with E-state index in [9.17, 15) is 4.79 Å². The highest BCUT2D eigenvalue weighted by Crippen LogP contribution is 2.38. The molecule has 0 aromatic carbocycles. The molecule has 0 amide bonds. The van der Waals surface area contributed by atoms with E-state index in [1.165, 1.54) is 12.8 Å². The number of hydrogen-bond acceptors (Lipinski definition) is 2. The molecule has 1 saturated carbocycles. The lowest BCUT2D eigenvalue weighted by atomic mass is 9.94. The monoisotopic (exact) mass is 189 g/mol. The minimum absolute atomic E-state index is 0.179. The van der Waals surface area contributed by atoms with E-state index in [1.807, 2.05) is 19.9 Å². The molecule has 1 fully saturated rings. The normalized spacial score (nSPS) is 17.9. The number of rotatable bonds is 3. The predicted octanol–water partition coefficient (Wildman–Crippen LogP) is 2.62. The van der Waals surface area contributed by atoms with Gasteiger partial charge >= 0.3 is 0 Å². The van der Waals surface area contributed by atoms with Crippen molar-refractivity contribution in [3.05, 3.63) is 29.6 Å². The van der Waals surface area contributed by atoms with Crippen LogP contribution in [-0.4, -0.2) is 10.8 Å². The molecule has 2 nitrogen and oxygen atoms in total. The standard InChI is InChI=1S/C12H15NO/c1-8-5-6-13-7-11(8)12(14)9(2)10-3-4-10/h5-7,9-10H,3-4H2,1-2H3. The topological polar surface area (TPSA) is 30.0 Å². The van der Waals surface area contributed by atoms with Crippen LogP contribution in [0.4, 0.5) is 0 Å². The minimum Gasteiger partial charge on any atom is -0.294 e. The van der Waals surface area contributed by atoms with Crippen molar-refractivity contribution in [2.24, 2.45) is 11.8 Å². The number of hydrogen-bond donors (Lipinski definition) is 0. The van der Waals surface area contributed by atoms with E-state index in [0.717, 1.165) is 11.1 Å². The van der Waals surface area contributed by atoms with Gasteiger partial charge < -0.3 is 0 Å². The SMILES string of the molecule is Cc1ccncc1C(=O)C(C)C1CC1. The first-order chi connectivity index (χ1) is 6.70. The Bertz CT molecular complexity index is 355. The zero-order chi connectivity index (χ0) is 10.1. The maximum absolute atomic E-state index is 12.0. The van der Waals surface area contributed by atoms with Crippen molar-refractivity contribution in [1.29, 1.82) is 0 Å². The Kier molecular flexibility index (Phi) is 2.36. The first-order valence-electron chi connectivity index (χ1n) is 5.15. The third-order valence-electron chi connectivity index (χ3n) is 3.05. The summed E-state index contributed by atoms with van der Waals surface area (Å²) in [6.45, 7) is 4.00. The molecule has 1 unspecified atom stereocenters. The molecule has 2 rings (SSSR count). The van der Waals surface area contributed by atoms with Gasteiger partial charge in [-0.05, 0) is 37.3 Å². The smallest absolute Gasteiger partial charge is 0.167 e. The highest BCUT2D eigenvalue weighted by molar-refractivity contribution is 5.98. The molecule has 1 aliphatic carbocycles. The van der Waals surface area contributed by atoms with Crippen LogP contribution in [0.25, 0.3) is 0 Å². The van der Waals surface area contributed by atoms with E-state index >= 15 is 0 Å². The molecule has 0 radical (unpaired) electrons. The van der Waals surface area contributed by atoms with Crippen LogP contribution in [0.1, 0.15) is 35.7 Å². The summed E-state index contributed by atoms with van der Waals surface area (Å²) in [5, 5.41) is 0. The van der Waals surface area contributed by atoms with Crippen molar-refractivity contribution in [2.45, 2.75) is 26.7 Å². The van der Waals surface area contributed by atoms with Gasteiger partial charge in [-0.3, -0.25) is 9.78 Å². The van der Waals surface area contributed by atoms with Gasteiger partial charge in [-0.1, -0.05) is 6.92 Å². The number of pyridine rings is 1. The molecule has 14 heavy (non-hydrogen) atoms. The second-order valence-corrected chi connectivity index (χ2v) is 4.18. The highest BCUT2D eigenvalue weighted by Gasteiger charge is 2.33. The molecule has 1 aromatic rings. The molecule has 1 heterocycles. The molecule has 0 bridgehead atoms. The number of Topliss-reactive ketones (excluding diaryl/α,β-unsaturated/α-hetero) is 1. The number of aromatic nitrogens is 1. The number of ketones is 1. The number of carbonyl (C=O) groups excluding carboxylic acids is 1. The van der Waals surface area contributed by atoms with Crippen molar-refractivity contribution >= 4 is 5.78 Å². The molecular formula is C12H15NO. The van der Waals surface area contributed by atoms with Crippen LogP contribution in [0.5, 0.6) is 0 Å². The summed E-state index contributed by atoms with van der Waals surface area (Å²) in [6.07, 6.45) is 5.85. The van der Waals surface area contributed by atoms with Crippen LogP contribution in [0.15, 0.2) is 18.5 Å². The van der Waals surface area contributed by atoms with Gasteiger partial charge in [-0.2, -0.15) is 0 Å². The average Bonchev–Trinajstić information content (AvgIpc) is 3.00. The summed E-state index contributed by atoms with van der Waals surface area (Å²) < 4.78 is 0. The summed E-state index contributed by atoms with van der Waals surface area (Å²) in [7, 11) is 0. The number of aryl methyl sites for hydroxylation is 1. The lowest BCUT2D eigenvalue weighted by molar-refractivity contribution is 0.0915. The van der Waals surface area contributed by atoms with Gasteiger partial charge in [0.05, 0.1) is 0 Å². The molecule has 1 aromatic heterocycles. The minimum atomic E-state index is 0.179. The second kappa shape index (κ2) is 3.52. The summed E-state index contributed by atoms with van der Waals surface area (Å²) >= 11 is 0. The van der Waals surface area contributed by atoms with Crippen LogP contribution < -0.4 is 0 Å². The highest BCUT2D eigenvalue weighted by atomic mass is 16.1. The van der Waals surface area contributed by atoms with E-state index < -0.39 is 0 Å². The summed E-state index contributed by atoms with van der Waals surface area (Å²) in [5.74, 6) is 1.07. The van der Waals surface area contributed by atoms with E-state index in [1.54, 1.807) is 12.4 Å². The van der Waals surface area contributed by atoms with Crippen LogP contribution in [0, 0.1) is 18.8 Å². The lowest BCUT2D eigenvalue weighted by Gasteiger charge is -2.10. The summed E-state index contributed by atoms with van der Waals surface area (Å²) in [5.41, 5.74) is 1.84. The molecule has 1 atom stereocenters. The molecule has 0 N–H and O–H groups in total. The zero-order valence-corrected chi connectivity index (χ0v) is 8.66. The van der Waals surface area contributed by atoms with E-state index in [4.69, 9.17) is 0 Å². The van der Waals surface area contributed by atoms with Crippen molar-refractivity contribution < 1.29 is 4.79 Å². The van der Waals surface area contributed by atoms with E-state index in [-0.39, 0.29) is 11.7 Å². The van der Waals surface area contributed by atoms with Crippen LogP contribution in [0.3, 0.4) is 0 Å². The Morgan fingerprint density at radius 1 is 1.57 bits per heavy atom. The fraction of sp³-hybridized carbons (Fsp3) is 0.500. The molecular weight excluding hydrogens is 174 g/mol. The first kappa shape index (κ1) is 9.38. The Balaban J connectivity index is 2.21. The number of carbonyl (C=O) groups is 1. The van der Waals surface area contributed by atoms with Gasteiger partial charge in [0.15, 0.2) is 5.78 Å². The van der Waals surface area contributed by atoms with Gasteiger partial charge in [-0.15, -0.1) is 0 Å². The molecule has 0 saturated heterocycles. The maximum atomic E-state index is 12.0. The Morgan fingerprint density at radius 3 is 2.86 bits per heavy atom. The van der Waals surface area contributed by atoms with Crippen LogP contribution in [-0.2, 0) is 0 Å². The molecule has 0 spiro atoms. The maximum Gasteiger partial charge on any atom is 0.167 e. The Hall–Kier alpha value is -1.18. The fourth-order valence-electron chi connectivity index (χ4n) is 1.78. The molecule has 74 valence electrons. The third kappa shape index (κ3) is 1.69. The Morgan fingerprint density at radius 2 is 2.29 bits per heavy atom. The quantitative estimate of drug-likeness (QED) is 0.684. The van der Waals surface area contributed by atoms with Gasteiger partial charge in [0.2, 0.25) is 0 Å². The molecule has 2 heteroatoms. The van der Waals surface area contributed by atoms with E-state index in [2.05, 4.69) is 4.98 Å². The van der Waals surface area contributed by atoms with Crippen molar-refractivity contribution in [3.8, 4) is 0 Å². The van der Waals surface area contributed by atoms with Crippen LogP contribution >= 0.6 is 0 Å². The second-order valence-electron chi connectivity index (χ2n) is 4.18. The van der Waals surface area contributed by atoms with Gasteiger partial charge in [0.25, 0.3) is 0 Å².